The van der Waals surface area contributed by atoms with Crippen LogP contribution in [0.1, 0.15) is 5.56 Å². The fourth-order valence-corrected chi connectivity index (χ4v) is 4.42. The molecule has 0 atom stereocenters. The van der Waals surface area contributed by atoms with Gasteiger partial charge in [0.05, 0.1) is 11.4 Å². The van der Waals surface area contributed by atoms with Gasteiger partial charge in [0.2, 0.25) is 14.9 Å². The average Bonchev–Trinajstić information content (AvgIpc) is 3.15. The summed E-state index contributed by atoms with van der Waals surface area (Å²) in [5.41, 5.74) is 2.13. The smallest absolute Gasteiger partial charge is 0.227 e. The number of hydrogen-bond acceptors (Lipinski definition) is 4. The summed E-state index contributed by atoms with van der Waals surface area (Å²) in [4.78, 5) is 0.186. The molecule has 0 unspecified atom stereocenters. The monoisotopic (exact) mass is 409 g/mol. The lowest BCUT2D eigenvalue weighted by atomic mass is 10.1. The second-order valence-corrected chi connectivity index (χ2v) is 8.51. The Labute approximate surface area is 168 Å². The molecule has 0 fully saturated rings. The van der Waals surface area contributed by atoms with E-state index in [1.807, 2.05) is 42.5 Å². The van der Waals surface area contributed by atoms with Gasteiger partial charge in [0.15, 0.2) is 0 Å². The van der Waals surface area contributed by atoms with Crippen LogP contribution < -0.4 is 0 Å². The molecule has 4 aromatic rings. The van der Waals surface area contributed by atoms with Crippen LogP contribution in [-0.4, -0.2) is 23.4 Å². The summed E-state index contributed by atoms with van der Waals surface area (Å²) in [7, 11) is -3.81. The number of aromatic nitrogens is 3. The number of sulfone groups is 1. The van der Waals surface area contributed by atoms with E-state index in [1.165, 1.54) is 0 Å². The molecule has 1 heterocycles. The van der Waals surface area contributed by atoms with Crippen LogP contribution in [0.25, 0.3) is 11.3 Å². The SMILES string of the molecule is O=S(=O)(c1ccccc1)c1nnn(Cc2ccc(Cl)cc2)c1-c1ccccc1. The number of halogens is 1. The van der Waals surface area contributed by atoms with Crippen molar-refractivity contribution in [2.45, 2.75) is 16.5 Å². The minimum absolute atomic E-state index is 0.0566. The molecule has 0 amide bonds. The molecule has 0 aliphatic rings. The second kappa shape index (κ2) is 7.58. The van der Waals surface area contributed by atoms with Gasteiger partial charge in [-0.2, -0.15) is 0 Å². The van der Waals surface area contributed by atoms with Gasteiger partial charge in [0, 0.05) is 10.6 Å². The van der Waals surface area contributed by atoms with Crippen LogP contribution in [-0.2, 0) is 16.4 Å². The van der Waals surface area contributed by atoms with Crippen molar-refractivity contribution >= 4 is 21.4 Å². The third-order valence-corrected chi connectivity index (χ3v) is 6.23. The van der Waals surface area contributed by atoms with E-state index in [2.05, 4.69) is 10.3 Å². The number of rotatable bonds is 5. The first kappa shape index (κ1) is 18.4. The van der Waals surface area contributed by atoms with Crippen LogP contribution in [0.5, 0.6) is 0 Å². The van der Waals surface area contributed by atoms with Gasteiger partial charge in [-0.15, -0.1) is 5.10 Å². The molecular formula is C21H16ClN3O2S. The lowest BCUT2D eigenvalue weighted by Crippen LogP contribution is -2.07. The Hall–Kier alpha value is -2.96. The van der Waals surface area contributed by atoms with Gasteiger partial charge in [-0.1, -0.05) is 77.5 Å². The van der Waals surface area contributed by atoms with Crippen LogP contribution in [0.3, 0.4) is 0 Å². The third kappa shape index (κ3) is 3.56. The summed E-state index contributed by atoms with van der Waals surface area (Å²) in [5, 5.41) is 8.79. The Kier molecular flexibility index (Phi) is 4.98. The van der Waals surface area contributed by atoms with Crippen LogP contribution in [0.15, 0.2) is 94.9 Å². The molecule has 1 aromatic heterocycles. The molecule has 0 saturated carbocycles. The van der Waals surface area contributed by atoms with Crippen molar-refractivity contribution < 1.29 is 8.42 Å². The first-order valence-corrected chi connectivity index (χ1v) is 10.5. The Morgan fingerprint density at radius 3 is 2.07 bits per heavy atom. The Morgan fingerprint density at radius 1 is 0.821 bits per heavy atom. The lowest BCUT2D eigenvalue weighted by molar-refractivity contribution is 0.592. The molecule has 3 aromatic carbocycles. The zero-order valence-electron chi connectivity index (χ0n) is 14.7. The number of nitrogens with zero attached hydrogens (tertiary/aromatic N) is 3. The van der Waals surface area contributed by atoms with E-state index in [4.69, 9.17) is 11.6 Å². The molecule has 0 radical (unpaired) electrons. The van der Waals surface area contributed by atoms with Gasteiger partial charge in [-0.05, 0) is 29.8 Å². The fourth-order valence-electron chi connectivity index (χ4n) is 2.93. The summed E-state index contributed by atoms with van der Waals surface area (Å²) in [6.45, 7) is 0.374. The van der Waals surface area contributed by atoms with Crippen molar-refractivity contribution in [1.82, 2.24) is 15.0 Å². The molecule has 0 spiro atoms. The predicted octanol–water partition coefficient (Wildman–Crippen LogP) is 4.48. The van der Waals surface area contributed by atoms with Crippen LogP contribution >= 0.6 is 11.6 Å². The van der Waals surface area contributed by atoms with Gasteiger partial charge >= 0.3 is 0 Å². The zero-order valence-corrected chi connectivity index (χ0v) is 16.3. The van der Waals surface area contributed by atoms with Crippen molar-refractivity contribution in [2.75, 3.05) is 0 Å². The summed E-state index contributed by atoms with van der Waals surface area (Å²) in [6.07, 6.45) is 0. The van der Waals surface area contributed by atoms with Gasteiger partial charge in [0.1, 0.15) is 5.69 Å². The Bertz CT molecular complexity index is 1190. The molecule has 28 heavy (non-hydrogen) atoms. The molecule has 4 rings (SSSR count). The van der Waals surface area contributed by atoms with Crippen molar-refractivity contribution in [2.24, 2.45) is 0 Å². The van der Waals surface area contributed by atoms with Crippen molar-refractivity contribution in [3.8, 4) is 11.3 Å². The van der Waals surface area contributed by atoms with Crippen LogP contribution in [0, 0.1) is 0 Å². The molecule has 5 nitrogen and oxygen atoms in total. The van der Waals surface area contributed by atoms with E-state index in [-0.39, 0.29) is 9.92 Å². The normalized spacial score (nSPS) is 11.5. The van der Waals surface area contributed by atoms with Crippen molar-refractivity contribution in [3.05, 3.63) is 95.5 Å². The summed E-state index contributed by atoms with van der Waals surface area (Å²) < 4.78 is 28.0. The molecule has 0 saturated heterocycles. The average molecular weight is 410 g/mol. The van der Waals surface area contributed by atoms with Gasteiger partial charge in [-0.3, -0.25) is 0 Å². The number of hydrogen-bond donors (Lipinski definition) is 0. The quantitative estimate of drug-likeness (QED) is 0.487. The fraction of sp³-hybridized carbons (Fsp3) is 0.0476. The highest BCUT2D eigenvalue weighted by molar-refractivity contribution is 7.91. The first-order valence-electron chi connectivity index (χ1n) is 8.59. The Balaban J connectivity index is 1.86. The molecule has 7 heteroatoms. The minimum atomic E-state index is -3.81. The second-order valence-electron chi connectivity index (χ2n) is 6.21. The Morgan fingerprint density at radius 2 is 1.43 bits per heavy atom. The maximum atomic E-state index is 13.2. The maximum Gasteiger partial charge on any atom is 0.227 e. The largest absolute Gasteiger partial charge is 0.239 e. The first-order chi connectivity index (χ1) is 13.6. The van der Waals surface area contributed by atoms with Crippen molar-refractivity contribution in [1.29, 1.82) is 0 Å². The van der Waals surface area contributed by atoms with E-state index < -0.39 is 9.84 Å². The third-order valence-electron chi connectivity index (χ3n) is 4.31. The van der Waals surface area contributed by atoms with Gasteiger partial charge in [0.25, 0.3) is 0 Å². The van der Waals surface area contributed by atoms with E-state index >= 15 is 0 Å². The summed E-state index contributed by atoms with van der Waals surface area (Å²) in [6, 6.07) is 24.9. The van der Waals surface area contributed by atoms with E-state index in [1.54, 1.807) is 47.1 Å². The van der Waals surface area contributed by atoms with E-state index in [0.29, 0.717) is 17.3 Å². The topological polar surface area (TPSA) is 64.8 Å². The van der Waals surface area contributed by atoms with Gasteiger partial charge in [-0.25, -0.2) is 13.1 Å². The maximum absolute atomic E-state index is 13.2. The predicted molar refractivity (Wildman–Crippen MR) is 108 cm³/mol. The highest BCUT2D eigenvalue weighted by Gasteiger charge is 2.28. The van der Waals surface area contributed by atoms with Gasteiger partial charge < -0.3 is 0 Å². The lowest BCUT2D eigenvalue weighted by Gasteiger charge is -2.09. The van der Waals surface area contributed by atoms with Crippen LogP contribution in [0.2, 0.25) is 5.02 Å². The van der Waals surface area contributed by atoms with Crippen molar-refractivity contribution in [3.63, 3.8) is 0 Å². The standard InChI is InChI=1S/C21H16ClN3O2S/c22-18-13-11-16(12-14-18)15-25-20(17-7-3-1-4-8-17)21(23-24-25)28(26,27)19-9-5-2-6-10-19/h1-14H,15H2. The summed E-state index contributed by atoms with van der Waals surface area (Å²) in [5.74, 6) is 0. The highest BCUT2D eigenvalue weighted by atomic mass is 35.5. The van der Waals surface area contributed by atoms with Crippen LogP contribution in [0.4, 0.5) is 0 Å². The minimum Gasteiger partial charge on any atom is -0.239 e. The zero-order chi connectivity index (χ0) is 19.6. The molecule has 0 N–H and O–H groups in total. The molecule has 0 aliphatic heterocycles. The summed E-state index contributed by atoms with van der Waals surface area (Å²) >= 11 is 5.96. The molecule has 0 bridgehead atoms. The van der Waals surface area contributed by atoms with E-state index in [0.717, 1.165) is 11.1 Å². The number of benzene rings is 3. The molecule has 140 valence electrons. The highest BCUT2D eigenvalue weighted by Crippen LogP contribution is 2.30. The molecule has 0 aliphatic carbocycles. The molecular weight excluding hydrogens is 394 g/mol. The van der Waals surface area contributed by atoms with E-state index in [9.17, 15) is 8.42 Å².